The molecule has 0 aliphatic heterocycles. The number of aliphatic hydroxyl groups excluding tert-OH is 2. The largest absolute Gasteiger partial charge is 0.396 e. The zero-order valence-corrected chi connectivity index (χ0v) is 13.6. The van der Waals surface area contributed by atoms with E-state index in [2.05, 4.69) is 5.32 Å². The predicted molar refractivity (Wildman–Crippen MR) is 78.8 cm³/mol. The molecule has 1 rings (SSSR count). The van der Waals surface area contributed by atoms with Crippen molar-refractivity contribution in [3.05, 3.63) is 0 Å². The molecule has 0 saturated heterocycles. The number of carbonyl (C=O) groups excluding carboxylic acids is 1. The number of aliphatic hydroxyl groups is 2. The summed E-state index contributed by atoms with van der Waals surface area (Å²) < 4.78 is 11.6. The summed E-state index contributed by atoms with van der Waals surface area (Å²) in [4.78, 5) is 11.4. The average molecular weight is 303 g/mol. The van der Waals surface area contributed by atoms with Crippen molar-refractivity contribution in [1.82, 2.24) is 5.32 Å². The lowest BCUT2D eigenvalue weighted by atomic mass is 9.79. The molecule has 0 heterocycles. The summed E-state index contributed by atoms with van der Waals surface area (Å²) in [6.45, 7) is 8.90. The second-order valence-corrected chi connectivity index (χ2v) is 6.27. The molecule has 0 spiro atoms. The van der Waals surface area contributed by atoms with E-state index < -0.39 is 18.2 Å². The summed E-state index contributed by atoms with van der Waals surface area (Å²) in [7, 11) is 0. The van der Waals surface area contributed by atoms with Crippen LogP contribution in [0.4, 0.5) is 0 Å². The smallest absolute Gasteiger partial charge is 0.217 e. The fourth-order valence-corrected chi connectivity index (χ4v) is 2.87. The van der Waals surface area contributed by atoms with Gasteiger partial charge in [-0.15, -0.1) is 0 Å². The van der Waals surface area contributed by atoms with Crippen LogP contribution < -0.4 is 5.32 Å². The van der Waals surface area contributed by atoms with Crippen molar-refractivity contribution in [2.45, 2.75) is 77.6 Å². The van der Waals surface area contributed by atoms with Gasteiger partial charge in [-0.3, -0.25) is 4.79 Å². The molecule has 2 unspecified atom stereocenters. The second-order valence-electron chi connectivity index (χ2n) is 6.27. The van der Waals surface area contributed by atoms with Crippen LogP contribution in [0.3, 0.4) is 0 Å². The Morgan fingerprint density at radius 2 is 1.81 bits per heavy atom. The highest BCUT2D eigenvalue weighted by molar-refractivity contribution is 5.73. The van der Waals surface area contributed by atoms with Crippen molar-refractivity contribution in [2.24, 2.45) is 5.92 Å². The Morgan fingerprint density at radius 1 is 1.24 bits per heavy atom. The Balaban J connectivity index is 2.94. The molecule has 1 aliphatic rings. The molecule has 0 aromatic rings. The minimum atomic E-state index is -0.911. The van der Waals surface area contributed by atoms with Gasteiger partial charge in [0, 0.05) is 19.4 Å². The van der Waals surface area contributed by atoms with Crippen molar-refractivity contribution < 1.29 is 24.5 Å². The van der Waals surface area contributed by atoms with Gasteiger partial charge in [-0.1, -0.05) is 0 Å². The number of carbonyl (C=O) groups is 1. The molecule has 1 saturated carbocycles. The fourth-order valence-electron chi connectivity index (χ4n) is 2.87. The highest BCUT2D eigenvalue weighted by atomic mass is 16.5. The van der Waals surface area contributed by atoms with Crippen LogP contribution in [0.15, 0.2) is 0 Å². The number of amides is 1. The molecule has 6 heteroatoms. The van der Waals surface area contributed by atoms with Crippen molar-refractivity contribution in [2.75, 3.05) is 6.61 Å². The minimum absolute atomic E-state index is 0.0274. The molecule has 1 aliphatic carbocycles. The Bertz CT molecular complexity index is 334. The van der Waals surface area contributed by atoms with E-state index >= 15 is 0 Å². The van der Waals surface area contributed by atoms with Gasteiger partial charge >= 0.3 is 0 Å². The first kappa shape index (κ1) is 18.4. The van der Waals surface area contributed by atoms with Crippen LogP contribution in [0.25, 0.3) is 0 Å². The van der Waals surface area contributed by atoms with Crippen LogP contribution in [-0.2, 0) is 14.3 Å². The maximum absolute atomic E-state index is 11.4. The van der Waals surface area contributed by atoms with Gasteiger partial charge in [-0.05, 0) is 34.1 Å². The van der Waals surface area contributed by atoms with E-state index in [0.717, 1.165) is 0 Å². The summed E-state index contributed by atoms with van der Waals surface area (Å²) >= 11 is 0. The molecule has 21 heavy (non-hydrogen) atoms. The zero-order chi connectivity index (χ0) is 16.2. The molecule has 6 nitrogen and oxygen atoms in total. The maximum Gasteiger partial charge on any atom is 0.217 e. The topological polar surface area (TPSA) is 88.0 Å². The molecule has 0 radical (unpaired) electrons. The van der Waals surface area contributed by atoms with Crippen LogP contribution in [0.2, 0.25) is 0 Å². The van der Waals surface area contributed by atoms with Gasteiger partial charge in [0.05, 0.1) is 30.5 Å². The molecular weight excluding hydrogens is 274 g/mol. The zero-order valence-electron chi connectivity index (χ0n) is 13.6. The van der Waals surface area contributed by atoms with Crippen molar-refractivity contribution in [3.63, 3.8) is 0 Å². The van der Waals surface area contributed by atoms with Gasteiger partial charge in [0.15, 0.2) is 0 Å². The Labute approximate surface area is 126 Å². The average Bonchev–Trinajstić information content (AvgIpc) is 2.35. The molecule has 1 fully saturated rings. The van der Waals surface area contributed by atoms with Gasteiger partial charge < -0.3 is 25.0 Å². The number of ether oxygens (including phenoxy) is 2. The Morgan fingerprint density at radius 3 is 2.24 bits per heavy atom. The molecule has 0 aromatic heterocycles. The number of nitrogens with one attached hydrogen (secondary N) is 1. The van der Waals surface area contributed by atoms with Gasteiger partial charge in [0.25, 0.3) is 0 Å². The van der Waals surface area contributed by atoms with Crippen molar-refractivity contribution in [3.8, 4) is 0 Å². The lowest BCUT2D eigenvalue weighted by molar-refractivity contribution is -0.173. The fraction of sp³-hybridized carbons (Fsp3) is 0.933. The van der Waals surface area contributed by atoms with Crippen molar-refractivity contribution in [1.29, 1.82) is 0 Å². The van der Waals surface area contributed by atoms with Gasteiger partial charge in [0.1, 0.15) is 6.10 Å². The van der Waals surface area contributed by atoms with Crippen molar-refractivity contribution >= 4 is 5.91 Å². The van der Waals surface area contributed by atoms with E-state index in [4.69, 9.17) is 9.47 Å². The van der Waals surface area contributed by atoms with Gasteiger partial charge in [-0.25, -0.2) is 0 Å². The lowest BCUT2D eigenvalue weighted by Crippen LogP contribution is -2.62. The lowest BCUT2D eigenvalue weighted by Gasteiger charge is -2.45. The molecular formula is C15H29NO5. The van der Waals surface area contributed by atoms with Crippen LogP contribution >= 0.6 is 0 Å². The molecule has 1 amide bonds. The van der Waals surface area contributed by atoms with E-state index in [0.29, 0.717) is 6.42 Å². The van der Waals surface area contributed by atoms with E-state index in [1.807, 2.05) is 27.7 Å². The SMILES string of the molecule is CC(=O)NC1[C@@H](O)[C@H](OC(C)C)C(CO)C[C@H]1OC(C)C. The molecule has 0 bridgehead atoms. The Hall–Kier alpha value is -0.690. The second kappa shape index (κ2) is 8.08. The van der Waals surface area contributed by atoms with E-state index in [1.54, 1.807) is 0 Å². The predicted octanol–water partition coefficient (Wildman–Crippen LogP) is 0.451. The van der Waals surface area contributed by atoms with E-state index in [1.165, 1.54) is 6.92 Å². The Kier molecular flexibility index (Phi) is 7.06. The molecule has 5 atom stereocenters. The first-order valence-corrected chi connectivity index (χ1v) is 7.63. The van der Waals surface area contributed by atoms with Gasteiger partial charge in [0.2, 0.25) is 5.91 Å². The normalized spacial score (nSPS) is 33.5. The summed E-state index contributed by atoms with van der Waals surface area (Å²) in [5.41, 5.74) is 0. The summed E-state index contributed by atoms with van der Waals surface area (Å²) in [5.74, 6) is -0.432. The monoisotopic (exact) mass is 303 g/mol. The minimum Gasteiger partial charge on any atom is -0.396 e. The summed E-state index contributed by atoms with van der Waals surface area (Å²) in [6.07, 6.45) is -1.33. The summed E-state index contributed by atoms with van der Waals surface area (Å²) in [5, 5.41) is 22.9. The first-order chi connectivity index (χ1) is 9.76. The van der Waals surface area contributed by atoms with Crippen LogP contribution in [0.1, 0.15) is 41.0 Å². The summed E-state index contributed by atoms with van der Waals surface area (Å²) in [6, 6.07) is -0.531. The molecule has 0 aromatic carbocycles. The highest BCUT2D eigenvalue weighted by Crippen LogP contribution is 2.31. The van der Waals surface area contributed by atoms with E-state index in [9.17, 15) is 15.0 Å². The van der Waals surface area contributed by atoms with E-state index in [-0.39, 0.29) is 36.7 Å². The highest BCUT2D eigenvalue weighted by Gasteiger charge is 2.46. The third-order valence-electron chi connectivity index (χ3n) is 3.59. The number of hydrogen-bond acceptors (Lipinski definition) is 5. The van der Waals surface area contributed by atoms with Crippen LogP contribution in [0, 0.1) is 5.92 Å². The third-order valence-corrected chi connectivity index (χ3v) is 3.59. The quantitative estimate of drug-likeness (QED) is 0.663. The molecule has 124 valence electrons. The number of rotatable bonds is 6. The maximum atomic E-state index is 11.4. The third kappa shape index (κ3) is 5.21. The first-order valence-electron chi connectivity index (χ1n) is 7.63. The van der Waals surface area contributed by atoms with Gasteiger partial charge in [-0.2, -0.15) is 0 Å². The van der Waals surface area contributed by atoms with Crippen LogP contribution in [-0.4, -0.2) is 59.3 Å². The van der Waals surface area contributed by atoms with Crippen LogP contribution in [0.5, 0.6) is 0 Å². The number of hydrogen-bond donors (Lipinski definition) is 3. The molecule has 3 N–H and O–H groups in total. The standard InChI is InChI=1S/C15H29NO5/c1-8(2)20-12-6-11(7-17)15(21-9(3)4)14(19)13(12)16-10(5)18/h8-9,11-15,17,19H,6-7H2,1-5H3,(H,16,18)/t11?,12-,13?,14-,15-/m1/s1.